The Kier molecular flexibility index (Phi) is 4.38. The lowest BCUT2D eigenvalue weighted by Gasteiger charge is -2.33. The van der Waals surface area contributed by atoms with Gasteiger partial charge in [0.25, 0.3) is 0 Å². The van der Waals surface area contributed by atoms with Crippen molar-refractivity contribution in [2.24, 2.45) is 23.5 Å². The Labute approximate surface area is 111 Å². The number of carbonyl (C=O) groups excluding carboxylic acids is 1. The second-order valence-corrected chi connectivity index (χ2v) is 5.73. The molecule has 19 heavy (non-hydrogen) atoms. The van der Waals surface area contributed by atoms with Crippen molar-refractivity contribution in [2.45, 2.75) is 50.7 Å². The maximum atomic E-state index is 12.9. The zero-order chi connectivity index (χ0) is 14.0. The average Bonchev–Trinajstić information content (AvgIpc) is 3.19. The summed E-state index contributed by atoms with van der Waals surface area (Å²) in [5.41, 5.74) is 5.58. The fourth-order valence-electron chi connectivity index (χ4n) is 2.99. The molecule has 0 bridgehead atoms. The fraction of sp³-hybridized carbons (Fsp3) is 0.923. The highest BCUT2D eigenvalue weighted by molar-refractivity contribution is 5.79. The van der Waals surface area contributed by atoms with Crippen LogP contribution in [0.1, 0.15) is 38.5 Å². The van der Waals surface area contributed by atoms with Gasteiger partial charge in [0.1, 0.15) is 0 Å². The molecule has 3 N–H and O–H groups in total. The van der Waals surface area contributed by atoms with Crippen LogP contribution >= 0.6 is 0 Å². The molecule has 0 aromatic heterocycles. The quantitative estimate of drug-likeness (QED) is 0.828. The first kappa shape index (κ1) is 14.6. The van der Waals surface area contributed by atoms with E-state index in [0.29, 0.717) is 31.7 Å². The molecule has 0 aromatic carbocycles. The largest absolute Gasteiger partial charge is 0.392 e. The molecule has 0 aliphatic heterocycles. The number of amides is 1. The molecule has 110 valence electrons. The van der Waals surface area contributed by atoms with Gasteiger partial charge in [-0.3, -0.25) is 4.79 Å². The molecule has 6 heteroatoms. The second kappa shape index (κ2) is 5.69. The predicted molar refractivity (Wildman–Crippen MR) is 65.2 cm³/mol. The van der Waals surface area contributed by atoms with Gasteiger partial charge in [-0.25, -0.2) is 0 Å². The lowest BCUT2D eigenvalue weighted by molar-refractivity contribution is -0.198. The van der Waals surface area contributed by atoms with Gasteiger partial charge in [-0.1, -0.05) is 12.8 Å². The standard InChI is InChI=1S/C13H21F3N2O/c14-13(15,16)10-4-2-1-3-9(10)12(19)18-11(7-17)8-5-6-8/h8-11H,1-7,17H2,(H,18,19). The predicted octanol–water partition coefficient (Wildman–Crippen LogP) is 2.21. The number of rotatable bonds is 4. The molecule has 3 atom stereocenters. The van der Waals surface area contributed by atoms with Crippen LogP contribution in [0.2, 0.25) is 0 Å². The molecule has 0 heterocycles. The average molecular weight is 278 g/mol. The molecule has 2 aliphatic rings. The minimum Gasteiger partial charge on any atom is -0.352 e. The third-order valence-corrected chi connectivity index (χ3v) is 4.30. The highest BCUT2D eigenvalue weighted by Gasteiger charge is 2.48. The van der Waals surface area contributed by atoms with Gasteiger partial charge in [-0.2, -0.15) is 13.2 Å². The van der Waals surface area contributed by atoms with Crippen LogP contribution in [0.4, 0.5) is 13.2 Å². The summed E-state index contributed by atoms with van der Waals surface area (Å²) in [4.78, 5) is 12.1. The van der Waals surface area contributed by atoms with Gasteiger partial charge < -0.3 is 11.1 Å². The van der Waals surface area contributed by atoms with E-state index in [9.17, 15) is 18.0 Å². The van der Waals surface area contributed by atoms with Gasteiger partial charge in [-0.15, -0.1) is 0 Å². The summed E-state index contributed by atoms with van der Waals surface area (Å²) < 4.78 is 38.8. The Morgan fingerprint density at radius 1 is 1.21 bits per heavy atom. The van der Waals surface area contributed by atoms with E-state index in [1.807, 2.05) is 0 Å². The van der Waals surface area contributed by atoms with Crippen molar-refractivity contribution in [2.75, 3.05) is 6.54 Å². The molecule has 0 radical (unpaired) electrons. The van der Waals surface area contributed by atoms with E-state index < -0.39 is 23.9 Å². The van der Waals surface area contributed by atoms with Crippen molar-refractivity contribution < 1.29 is 18.0 Å². The molecule has 1 amide bonds. The molecule has 0 spiro atoms. The number of nitrogens with one attached hydrogen (secondary N) is 1. The van der Waals surface area contributed by atoms with Crippen LogP contribution in [-0.2, 0) is 4.79 Å². The van der Waals surface area contributed by atoms with E-state index in [1.54, 1.807) is 0 Å². The molecule has 0 saturated heterocycles. The summed E-state index contributed by atoms with van der Waals surface area (Å²) in [6, 6.07) is -0.150. The van der Waals surface area contributed by atoms with Crippen LogP contribution in [0.3, 0.4) is 0 Å². The molecule has 2 rings (SSSR count). The number of alkyl halides is 3. The Bertz CT molecular complexity index is 328. The van der Waals surface area contributed by atoms with Crippen molar-refractivity contribution in [3.8, 4) is 0 Å². The number of carbonyl (C=O) groups is 1. The SMILES string of the molecule is NCC(NC(=O)C1CCCCC1C(F)(F)F)C1CC1. The normalized spacial score (nSPS) is 29.9. The molecule has 3 nitrogen and oxygen atoms in total. The summed E-state index contributed by atoms with van der Waals surface area (Å²) in [7, 11) is 0. The van der Waals surface area contributed by atoms with Gasteiger partial charge in [-0.05, 0) is 31.6 Å². The Balaban J connectivity index is 1.98. The highest BCUT2D eigenvalue weighted by Crippen LogP contribution is 2.42. The summed E-state index contributed by atoms with van der Waals surface area (Å²) in [6.07, 6.45) is -0.611. The minimum atomic E-state index is -4.28. The highest BCUT2D eigenvalue weighted by atomic mass is 19.4. The van der Waals surface area contributed by atoms with Crippen LogP contribution in [0.5, 0.6) is 0 Å². The topological polar surface area (TPSA) is 55.1 Å². The number of halogens is 3. The van der Waals surface area contributed by atoms with Gasteiger partial charge in [0.15, 0.2) is 0 Å². The molecule has 3 unspecified atom stereocenters. The molecule has 2 fully saturated rings. The lowest BCUT2D eigenvalue weighted by atomic mass is 9.78. The molecule has 2 aliphatic carbocycles. The third kappa shape index (κ3) is 3.61. The maximum Gasteiger partial charge on any atom is 0.392 e. The second-order valence-electron chi connectivity index (χ2n) is 5.73. The Morgan fingerprint density at radius 2 is 1.84 bits per heavy atom. The van der Waals surface area contributed by atoms with E-state index in [2.05, 4.69) is 5.32 Å². The summed E-state index contributed by atoms with van der Waals surface area (Å²) >= 11 is 0. The molecular formula is C13H21F3N2O. The van der Waals surface area contributed by atoms with Crippen LogP contribution in [0, 0.1) is 17.8 Å². The number of hydrogen-bond acceptors (Lipinski definition) is 2. The summed E-state index contributed by atoms with van der Waals surface area (Å²) in [5, 5.41) is 2.74. The monoisotopic (exact) mass is 278 g/mol. The van der Waals surface area contributed by atoms with Gasteiger partial charge >= 0.3 is 6.18 Å². The first-order valence-electron chi connectivity index (χ1n) is 7.00. The van der Waals surface area contributed by atoms with Crippen molar-refractivity contribution in [1.29, 1.82) is 0 Å². The summed E-state index contributed by atoms with van der Waals surface area (Å²) in [5.74, 6) is -2.51. The van der Waals surface area contributed by atoms with Crippen molar-refractivity contribution in [3.63, 3.8) is 0 Å². The van der Waals surface area contributed by atoms with Crippen molar-refractivity contribution in [1.82, 2.24) is 5.32 Å². The molecule has 0 aromatic rings. The van der Waals surface area contributed by atoms with E-state index in [4.69, 9.17) is 5.73 Å². The van der Waals surface area contributed by atoms with Gasteiger partial charge in [0.05, 0.1) is 5.92 Å². The third-order valence-electron chi connectivity index (χ3n) is 4.30. The lowest BCUT2D eigenvalue weighted by Crippen LogP contribution is -2.48. The van der Waals surface area contributed by atoms with Crippen molar-refractivity contribution in [3.05, 3.63) is 0 Å². The van der Waals surface area contributed by atoms with E-state index in [1.165, 1.54) is 0 Å². The minimum absolute atomic E-state index is 0.0678. The van der Waals surface area contributed by atoms with E-state index >= 15 is 0 Å². The summed E-state index contributed by atoms with van der Waals surface area (Å²) in [6.45, 7) is 0.305. The smallest absolute Gasteiger partial charge is 0.352 e. The van der Waals surface area contributed by atoms with Crippen LogP contribution in [0.15, 0.2) is 0 Å². The number of hydrogen-bond donors (Lipinski definition) is 2. The molecule has 2 saturated carbocycles. The van der Waals surface area contributed by atoms with Gasteiger partial charge in [0, 0.05) is 18.5 Å². The van der Waals surface area contributed by atoms with Crippen LogP contribution < -0.4 is 11.1 Å². The Hall–Kier alpha value is -0.780. The zero-order valence-electron chi connectivity index (χ0n) is 10.9. The molecular weight excluding hydrogens is 257 g/mol. The Morgan fingerprint density at radius 3 is 2.37 bits per heavy atom. The number of nitrogens with two attached hydrogens (primary N) is 1. The zero-order valence-corrected chi connectivity index (χ0v) is 10.9. The fourth-order valence-corrected chi connectivity index (χ4v) is 2.99. The first-order chi connectivity index (χ1) is 8.93. The van der Waals surface area contributed by atoms with E-state index in [0.717, 1.165) is 12.8 Å². The van der Waals surface area contributed by atoms with Crippen molar-refractivity contribution >= 4 is 5.91 Å². The van der Waals surface area contributed by atoms with Crippen LogP contribution in [-0.4, -0.2) is 24.7 Å². The van der Waals surface area contributed by atoms with Gasteiger partial charge in [0.2, 0.25) is 5.91 Å². The van der Waals surface area contributed by atoms with Crippen LogP contribution in [0.25, 0.3) is 0 Å². The van der Waals surface area contributed by atoms with E-state index in [-0.39, 0.29) is 12.5 Å². The maximum absolute atomic E-state index is 12.9. The first-order valence-corrected chi connectivity index (χ1v) is 7.00.